The van der Waals surface area contributed by atoms with E-state index in [0.29, 0.717) is 35.6 Å². The summed E-state index contributed by atoms with van der Waals surface area (Å²) in [7, 11) is 5.48. The van der Waals surface area contributed by atoms with Gasteiger partial charge in [0.15, 0.2) is 0 Å². The van der Waals surface area contributed by atoms with Crippen molar-refractivity contribution in [2.45, 2.75) is 77.8 Å². The first-order valence-electron chi connectivity index (χ1n) is 18.7. The van der Waals surface area contributed by atoms with E-state index in [2.05, 4.69) is 31.4 Å². The summed E-state index contributed by atoms with van der Waals surface area (Å²) in [5, 5.41) is 29.3. The Labute approximate surface area is 308 Å². The highest BCUT2D eigenvalue weighted by Crippen LogP contribution is 2.61. The smallest absolute Gasteiger partial charge is 0.251 e. The third-order valence-corrected chi connectivity index (χ3v) is 12.2. The van der Waals surface area contributed by atoms with Crippen LogP contribution in [-0.4, -0.2) is 85.7 Å². The summed E-state index contributed by atoms with van der Waals surface area (Å²) in [5.41, 5.74) is 5.19. The third-order valence-electron chi connectivity index (χ3n) is 12.2. The standard InChI is InChI=1S/C42H56N4O6/c1-25-34-21-31(42(34,3)4)22-35(25)44-41(50)38-37(26(2)48)36(24-47)52-46(38)23-28-14-11-15-33(39(28)51-7)29-18-30(20-32(19-29)45(5)6)40(49)43-17-16-27-12-9-8-10-13-27/h8-15,18-20,25-26,31,34-38,47-48H,16-17,21-24H2,1-7H3,(H,43,49)(H,44,50)/t25-,26-,31-,34-,35-,36-,37-,38-/m0/s1. The first-order chi connectivity index (χ1) is 24.8. The predicted octanol–water partition coefficient (Wildman–Crippen LogP) is 5.06. The average molecular weight is 713 g/mol. The molecular formula is C42H56N4O6. The van der Waals surface area contributed by atoms with Crippen LogP contribution in [0.5, 0.6) is 5.75 Å². The summed E-state index contributed by atoms with van der Waals surface area (Å²) in [6.45, 7) is 8.91. The number of anilines is 1. The Morgan fingerprint density at radius 1 is 1.08 bits per heavy atom. The molecule has 0 aromatic heterocycles. The van der Waals surface area contributed by atoms with Gasteiger partial charge < -0.3 is 30.5 Å². The molecule has 2 bridgehead atoms. The summed E-state index contributed by atoms with van der Waals surface area (Å²) >= 11 is 0. The number of hydrogen-bond donors (Lipinski definition) is 4. The lowest BCUT2D eigenvalue weighted by Crippen LogP contribution is -2.62. The van der Waals surface area contributed by atoms with Gasteiger partial charge in [0.05, 0.1) is 26.4 Å². The minimum absolute atomic E-state index is 0.0422. The molecule has 8 atom stereocenters. The SMILES string of the molecule is COc1c(CN2O[C@@H](CO)[C@H]([C@H](C)O)[C@H]2C(=O)N[C@H]2C[C@@H]3C[C@@H]([C@@H]2C)C3(C)C)cccc1-c1cc(C(=O)NCCc2ccccc2)cc(N(C)C)c1. The number of rotatable bonds is 13. The minimum atomic E-state index is -0.895. The Morgan fingerprint density at radius 3 is 2.46 bits per heavy atom. The van der Waals surface area contributed by atoms with Crippen LogP contribution < -0.4 is 20.3 Å². The third kappa shape index (κ3) is 7.44. The maximum Gasteiger partial charge on any atom is 0.251 e. The van der Waals surface area contributed by atoms with Crippen LogP contribution in [-0.2, 0) is 22.6 Å². The summed E-state index contributed by atoms with van der Waals surface area (Å²) in [6.07, 6.45) is 1.22. The summed E-state index contributed by atoms with van der Waals surface area (Å²) < 4.78 is 6.05. The molecule has 3 aromatic carbocycles. The number of ether oxygens (including phenoxy) is 1. The lowest BCUT2D eigenvalue weighted by molar-refractivity contribution is -0.183. The molecule has 0 spiro atoms. The first kappa shape index (κ1) is 37.8. The Balaban J connectivity index is 1.26. The Morgan fingerprint density at radius 2 is 1.83 bits per heavy atom. The molecule has 4 fully saturated rings. The zero-order chi connectivity index (χ0) is 37.3. The number of aliphatic hydroxyl groups is 2. The molecule has 7 rings (SSSR count). The van der Waals surface area contributed by atoms with Crippen molar-refractivity contribution in [3.05, 3.63) is 83.4 Å². The lowest BCUT2D eigenvalue weighted by Gasteiger charge is -2.62. The van der Waals surface area contributed by atoms with Crippen molar-refractivity contribution in [2.24, 2.45) is 29.1 Å². The van der Waals surface area contributed by atoms with Gasteiger partial charge in [-0.05, 0) is 78.7 Å². The second-order valence-corrected chi connectivity index (χ2v) is 15.9. The maximum absolute atomic E-state index is 14.2. The van der Waals surface area contributed by atoms with E-state index in [0.717, 1.165) is 40.8 Å². The number of hydroxylamine groups is 2. The molecule has 280 valence electrons. The fraction of sp³-hybridized carbons (Fsp3) is 0.524. The van der Waals surface area contributed by atoms with Gasteiger partial charge in [0.1, 0.15) is 17.9 Å². The number of nitrogens with one attached hydrogen (secondary N) is 2. The van der Waals surface area contributed by atoms with Gasteiger partial charge in [-0.1, -0.05) is 69.3 Å². The van der Waals surface area contributed by atoms with Crippen molar-refractivity contribution in [3.63, 3.8) is 0 Å². The van der Waals surface area contributed by atoms with Gasteiger partial charge in [-0.15, -0.1) is 0 Å². The predicted molar refractivity (Wildman–Crippen MR) is 203 cm³/mol. The Hall–Kier alpha value is -3.96. The van der Waals surface area contributed by atoms with Crippen LogP contribution in [0.15, 0.2) is 66.7 Å². The molecule has 0 unspecified atom stereocenters. The van der Waals surface area contributed by atoms with Gasteiger partial charge in [0.25, 0.3) is 5.91 Å². The molecule has 4 N–H and O–H groups in total. The molecule has 3 saturated carbocycles. The summed E-state index contributed by atoms with van der Waals surface area (Å²) in [5.74, 6) is 1.06. The number of nitrogens with zero attached hydrogens (tertiary/aromatic N) is 2. The number of carbonyl (C=O) groups excluding carboxylic acids is 2. The average Bonchev–Trinajstić information content (AvgIpc) is 3.51. The Bertz CT molecular complexity index is 1730. The zero-order valence-electron chi connectivity index (χ0n) is 31.6. The number of carbonyl (C=O) groups is 2. The van der Waals surface area contributed by atoms with E-state index in [1.54, 1.807) is 19.1 Å². The second kappa shape index (κ2) is 15.6. The van der Waals surface area contributed by atoms with Crippen LogP contribution in [0, 0.1) is 29.1 Å². The highest BCUT2D eigenvalue weighted by atomic mass is 16.7. The number of amides is 2. The number of benzene rings is 3. The number of para-hydroxylation sites is 1. The largest absolute Gasteiger partial charge is 0.496 e. The topological polar surface area (TPSA) is 124 Å². The molecule has 10 heteroatoms. The van der Waals surface area contributed by atoms with Crippen molar-refractivity contribution in [1.29, 1.82) is 0 Å². The van der Waals surface area contributed by atoms with E-state index in [1.807, 2.05) is 85.7 Å². The first-order valence-corrected chi connectivity index (χ1v) is 18.7. The molecule has 52 heavy (non-hydrogen) atoms. The lowest BCUT2D eigenvalue weighted by atomic mass is 9.45. The molecular weight excluding hydrogens is 656 g/mol. The van der Waals surface area contributed by atoms with E-state index in [-0.39, 0.29) is 36.4 Å². The fourth-order valence-corrected chi connectivity index (χ4v) is 9.05. The van der Waals surface area contributed by atoms with Crippen molar-refractivity contribution >= 4 is 17.5 Å². The molecule has 4 aliphatic rings. The summed E-state index contributed by atoms with van der Waals surface area (Å²) in [4.78, 5) is 35.9. The fourth-order valence-electron chi connectivity index (χ4n) is 9.05. The van der Waals surface area contributed by atoms with Gasteiger partial charge in [0, 0.05) is 55.0 Å². The molecule has 2 amide bonds. The van der Waals surface area contributed by atoms with Crippen LogP contribution in [0.1, 0.15) is 62.0 Å². The van der Waals surface area contributed by atoms with Gasteiger partial charge in [-0.2, -0.15) is 5.06 Å². The van der Waals surface area contributed by atoms with Gasteiger partial charge in [0.2, 0.25) is 5.91 Å². The monoisotopic (exact) mass is 712 g/mol. The number of hydrogen-bond acceptors (Lipinski definition) is 8. The van der Waals surface area contributed by atoms with Crippen LogP contribution in [0.3, 0.4) is 0 Å². The highest BCUT2D eigenvalue weighted by Gasteiger charge is 2.57. The number of fused-ring (bicyclic) bond motifs is 2. The van der Waals surface area contributed by atoms with E-state index < -0.39 is 24.2 Å². The van der Waals surface area contributed by atoms with Crippen molar-refractivity contribution in [3.8, 4) is 16.9 Å². The molecule has 0 radical (unpaired) electrons. The van der Waals surface area contributed by atoms with Crippen LogP contribution in [0.4, 0.5) is 5.69 Å². The van der Waals surface area contributed by atoms with Crippen LogP contribution in [0.25, 0.3) is 11.1 Å². The normalized spacial score (nSPS) is 27.0. The maximum atomic E-state index is 14.2. The molecule has 1 heterocycles. The quantitative estimate of drug-likeness (QED) is 0.194. The van der Waals surface area contributed by atoms with Crippen molar-refractivity contribution in [2.75, 3.05) is 39.3 Å². The summed E-state index contributed by atoms with van der Waals surface area (Å²) in [6, 6.07) is 20.9. The molecule has 3 aliphatic carbocycles. The second-order valence-electron chi connectivity index (χ2n) is 15.9. The zero-order valence-corrected chi connectivity index (χ0v) is 31.6. The Kier molecular flexibility index (Phi) is 11.3. The molecule has 3 aromatic rings. The number of methoxy groups -OCH3 is 1. The van der Waals surface area contributed by atoms with Crippen molar-refractivity contribution in [1.82, 2.24) is 15.7 Å². The van der Waals surface area contributed by atoms with Crippen LogP contribution >= 0.6 is 0 Å². The van der Waals surface area contributed by atoms with E-state index >= 15 is 0 Å². The molecule has 1 saturated heterocycles. The van der Waals surface area contributed by atoms with Gasteiger partial charge in [-0.3, -0.25) is 14.4 Å². The minimum Gasteiger partial charge on any atom is -0.496 e. The molecule has 10 nitrogen and oxygen atoms in total. The molecule has 1 aliphatic heterocycles. The van der Waals surface area contributed by atoms with Gasteiger partial charge >= 0.3 is 0 Å². The van der Waals surface area contributed by atoms with E-state index in [4.69, 9.17) is 9.57 Å². The van der Waals surface area contributed by atoms with Gasteiger partial charge in [-0.25, -0.2) is 0 Å². The number of aliphatic hydroxyl groups excluding tert-OH is 2. The van der Waals surface area contributed by atoms with E-state index in [1.165, 1.54) is 6.42 Å². The van der Waals surface area contributed by atoms with Crippen molar-refractivity contribution < 1.29 is 29.4 Å². The highest BCUT2D eigenvalue weighted by molar-refractivity contribution is 5.97. The van der Waals surface area contributed by atoms with Crippen LogP contribution in [0.2, 0.25) is 0 Å². The van der Waals surface area contributed by atoms with E-state index in [9.17, 15) is 19.8 Å².